The molecule has 0 unspecified atom stereocenters. The summed E-state index contributed by atoms with van der Waals surface area (Å²) in [5, 5.41) is 4.48. The maximum Gasteiger partial charge on any atom is 0.416 e. The van der Waals surface area contributed by atoms with Crippen LogP contribution in [0.2, 0.25) is 25.7 Å². The van der Waals surface area contributed by atoms with E-state index in [9.17, 15) is 4.79 Å². The lowest BCUT2D eigenvalue weighted by Gasteiger charge is -2.32. The summed E-state index contributed by atoms with van der Waals surface area (Å²) < 4.78 is 19.8. The Labute approximate surface area is 248 Å². The van der Waals surface area contributed by atoms with Crippen molar-refractivity contribution in [1.82, 2.24) is 19.5 Å². The first-order chi connectivity index (χ1) is 19.9. The molecule has 5 rings (SSSR count). The first-order valence-electron chi connectivity index (χ1n) is 14.3. The first-order valence-corrected chi connectivity index (χ1v) is 18.0. The molecule has 42 heavy (non-hydrogen) atoms. The number of carbonyl (C=O) groups is 1. The molecule has 5 heterocycles. The highest BCUT2D eigenvalue weighted by molar-refractivity contribution is 6.76. The Hall–Kier alpha value is -3.96. The summed E-state index contributed by atoms with van der Waals surface area (Å²) in [6, 6.07) is 12.7. The zero-order valence-corrected chi connectivity index (χ0v) is 26.5. The molecule has 1 aliphatic rings. The van der Waals surface area contributed by atoms with Gasteiger partial charge in [0.15, 0.2) is 11.6 Å². The molecule has 4 aromatic rings. The minimum absolute atomic E-state index is 0.307. The maximum absolute atomic E-state index is 13.2. The number of pyridine rings is 3. The molecule has 1 amide bonds. The van der Waals surface area contributed by atoms with Crippen molar-refractivity contribution in [3.63, 3.8) is 0 Å². The highest BCUT2D eigenvalue weighted by Gasteiger charge is 2.32. The first kappa shape index (κ1) is 29.5. The van der Waals surface area contributed by atoms with Gasteiger partial charge in [0.25, 0.3) is 0 Å². The van der Waals surface area contributed by atoms with E-state index in [4.69, 9.17) is 19.2 Å². The van der Waals surface area contributed by atoms with Gasteiger partial charge in [-0.05, 0) is 64.1 Å². The van der Waals surface area contributed by atoms with Crippen LogP contribution in [0.4, 0.5) is 22.0 Å². The molecule has 10 nitrogen and oxygen atoms in total. The molecule has 0 bridgehead atoms. The molecule has 1 aliphatic heterocycles. The molecular weight excluding hydrogens is 548 g/mol. The van der Waals surface area contributed by atoms with Crippen LogP contribution in [0, 0.1) is 6.92 Å². The van der Waals surface area contributed by atoms with Crippen LogP contribution in [-0.4, -0.2) is 59.0 Å². The zero-order valence-electron chi connectivity index (χ0n) is 25.5. The summed E-state index contributed by atoms with van der Waals surface area (Å²) in [6.07, 6.45) is 3.29. The molecular formula is C31H40N6O4Si. The second-order valence-electron chi connectivity index (χ2n) is 12.7. The second kappa shape index (κ2) is 11.7. The van der Waals surface area contributed by atoms with Gasteiger partial charge in [0, 0.05) is 38.2 Å². The number of hydrogen-bond acceptors (Lipinski definition) is 8. The Morgan fingerprint density at radius 1 is 1.10 bits per heavy atom. The number of ether oxygens (including phenoxy) is 3. The standard InChI is InChI=1S/C31H40N6O4Si/c1-21-9-8-10-24(33-21)25-19-26(27-29(35-25)37(15-16-40-27)30(38)41-31(2,3)4)34-23-11-13-32-28-22(23)12-14-36(28)20-39-17-18-42(5,6)7/h8-14,19H,15-18,20H2,1-7H3,(H,32,34,35). The fourth-order valence-corrected chi connectivity index (χ4v) is 5.34. The van der Waals surface area contributed by atoms with Gasteiger partial charge in [0.05, 0.1) is 29.3 Å². The van der Waals surface area contributed by atoms with Crippen molar-refractivity contribution in [3.8, 4) is 17.1 Å². The summed E-state index contributed by atoms with van der Waals surface area (Å²) in [6.45, 7) is 16.3. The third-order valence-corrected chi connectivity index (χ3v) is 8.40. The second-order valence-corrected chi connectivity index (χ2v) is 18.3. The molecule has 0 aliphatic carbocycles. The minimum Gasteiger partial charge on any atom is -0.486 e. The van der Waals surface area contributed by atoms with E-state index in [0.29, 0.717) is 48.5 Å². The van der Waals surface area contributed by atoms with Gasteiger partial charge >= 0.3 is 6.09 Å². The largest absolute Gasteiger partial charge is 0.486 e. The van der Waals surface area contributed by atoms with E-state index in [2.05, 4.69) is 34.9 Å². The number of rotatable bonds is 8. The van der Waals surface area contributed by atoms with Crippen molar-refractivity contribution in [3.05, 3.63) is 54.5 Å². The Kier molecular flexibility index (Phi) is 8.25. The lowest BCUT2D eigenvalue weighted by molar-refractivity contribution is 0.0566. The number of aryl methyl sites for hydroxylation is 1. The third-order valence-electron chi connectivity index (χ3n) is 6.70. The van der Waals surface area contributed by atoms with Crippen molar-refractivity contribution in [2.75, 3.05) is 30.0 Å². The molecule has 0 radical (unpaired) electrons. The van der Waals surface area contributed by atoms with E-state index in [1.165, 1.54) is 4.90 Å². The molecule has 0 fully saturated rings. The normalized spacial score (nSPS) is 13.5. The van der Waals surface area contributed by atoms with Gasteiger partial charge in [-0.1, -0.05) is 25.7 Å². The van der Waals surface area contributed by atoms with E-state index in [1.807, 2.05) is 74.9 Å². The van der Waals surface area contributed by atoms with Crippen LogP contribution in [0.15, 0.2) is 48.8 Å². The average molecular weight is 589 g/mol. The van der Waals surface area contributed by atoms with Gasteiger partial charge in [-0.15, -0.1) is 0 Å². The predicted octanol–water partition coefficient (Wildman–Crippen LogP) is 6.99. The van der Waals surface area contributed by atoms with Gasteiger partial charge in [0.1, 0.15) is 24.6 Å². The Morgan fingerprint density at radius 3 is 2.64 bits per heavy atom. The van der Waals surface area contributed by atoms with Gasteiger partial charge in [-0.2, -0.15) is 0 Å². The van der Waals surface area contributed by atoms with E-state index in [-0.39, 0.29) is 0 Å². The highest BCUT2D eigenvalue weighted by Crippen LogP contribution is 2.42. The van der Waals surface area contributed by atoms with Crippen LogP contribution in [0.25, 0.3) is 22.4 Å². The van der Waals surface area contributed by atoms with E-state index in [1.54, 1.807) is 6.20 Å². The van der Waals surface area contributed by atoms with Crippen molar-refractivity contribution in [2.45, 2.75) is 65.7 Å². The van der Waals surface area contributed by atoms with Crippen molar-refractivity contribution >= 4 is 42.4 Å². The number of hydrogen-bond donors (Lipinski definition) is 1. The fraction of sp³-hybridized carbons (Fsp3) is 0.419. The molecule has 0 aromatic carbocycles. The quantitative estimate of drug-likeness (QED) is 0.173. The predicted molar refractivity (Wildman–Crippen MR) is 168 cm³/mol. The van der Waals surface area contributed by atoms with E-state index >= 15 is 0 Å². The molecule has 4 aromatic heterocycles. The Balaban J connectivity index is 1.52. The molecule has 222 valence electrons. The topological polar surface area (TPSA) is 104 Å². The zero-order chi connectivity index (χ0) is 30.1. The van der Waals surface area contributed by atoms with E-state index < -0.39 is 19.8 Å². The number of amides is 1. The molecule has 0 saturated heterocycles. The highest BCUT2D eigenvalue weighted by atomic mass is 28.3. The van der Waals surface area contributed by atoms with Gasteiger partial charge in [0.2, 0.25) is 0 Å². The summed E-state index contributed by atoms with van der Waals surface area (Å²) in [5.74, 6) is 0.861. The van der Waals surface area contributed by atoms with Crippen LogP contribution < -0.4 is 15.0 Å². The SMILES string of the molecule is Cc1cccc(-c2cc(Nc3ccnc4c3ccn4COCC[Si](C)(C)C)c3c(n2)N(C(=O)OC(C)(C)C)CCO3)n1. The summed E-state index contributed by atoms with van der Waals surface area (Å²) in [4.78, 5) is 28.9. The van der Waals surface area contributed by atoms with Crippen LogP contribution >= 0.6 is 0 Å². The fourth-order valence-electron chi connectivity index (χ4n) is 4.58. The summed E-state index contributed by atoms with van der Waals surface area (Å²) in [5.41, 5.74) is 3.84. The number of aromatic nitrogens is 4. The maximum atomic E-state index is 13.2. The molecule has 0 atom stereocenters. The lowest BCUT2D eigenvalue weighted by Crippen LogP contribution is -2.42. The van der Waals surface area contributed by atoms with Crippen molar-refractivity contribution in [1.29, 1.82) is 0 Å². The van der Waals surface area contributed by atoms with E-state index in [0.717, 1.165) is 35.1 Å². The number of fused-ring (bicyclic) bond motifs is 2. The van der Waals surface area contributed by atoms with Crippen LogP contribution in [0.5, 0.6) is 5.75 Å². The average Bonchev–Trinajstić information content (AvgIpc) is 3.33. The smallest absolute Gasteiger partial charge is 0.416 e. The summed E-state index contributed by atoms with van der Waals surface area (Å²) >= 11 is 0. The van der Waals surface area contributed by atoms with Crippen LogP contribution in [-0.2, 0) is 16.2 Å². The Bertz CT molecular complexity index is 1590. The van der Waals surface area contributed by atoms with Crippen LogP contribution in [0.3, 0.4) is 0 Å². The third kappa shape index (κ3) is 6.91. The van der Waals surface area contributed by atoms with Gasteiger partial charge < -0.3 is 24.1 Å². The number of nitrogens with zero attached hydrogens (tertiary/aromatic N) is 5. The Morgan fingerprint density at radius 2 is 1.90 bits per heavy atom. The van der Waals surface area contributed by atoms with Crippen molar-refractivity contribution < 1.29 is 19.0 Å². The molecule has 0 spiro atoms. The molecule has 0 saturated carbocycles. The minimum atomic E-state index is -1.17. The molecule has 1 N–H and O–H groups in total. The van der Waals surface area contributed by atoms with Gasteiger partial charge in [-0.25, -0.2) is 14.8 Å². The summed E-state index contributed by atoms with van der Waals surface area (Å²) in [7, 11) is -1.17. The monoisotopic (exact) mass is 588 g/mol. The van der Waals surface area contributed by atoms with Gasteiger partial charge in [-0.3, -0.25) is 9.88 Å². The number of anilines is 3. The number of carbonyl (C=O) groups excluding carboxylic acids is 1. The van der Waals surface area contributed by atoms with Crippen molar-refractivity contribution in [2.24, 2.45) is 0 Å². The van der Waals surface area contributed by atoms with Crippen LogP contribution in [0.1, 0.15) is 26.5 Å². The lowest BCUT2D eigenvalue weighted by atomic mass is 10.1. The molecule has 11 heteroatoms. The number of nitrogens with one attached hydrogen (secondary N) is 1.